The highest BCUT2D eigenvalue weighted by atomic mass is 16.1. The molecule has 0 saturated heterocycles. The van der Waals surface area contributed by atoms with Gasteiger partial charge in [0.1, 0.15) is 5.78 Å². The SMILES string of the molecule is Cc1cccc(C2=CCC(=O)CC2)c1C. The summed E-state index contributed by atoms with van der Waals surface area (Å²) in [7, 11) is 0. The number of aryl methyl sites for hydroxylation is 1. The Labute approximate surface area is 90.8 Å². The van der Waals surface area contributed by atoms with Crippen LogP contribution in [0.3, 0.4) is 0 Å². The van der Waals surface area contributed by atoms with E-state index >= 15 is 0 Å². The first-order valence-electron chi connectivity index (χ1n) is 5.46. The highest BCUT2D eigenvalue weighted by molar-refractivity contribution is 5.87. The first-order valence-corrected chi connectivity index (χ1v) is 5.46. The second kappa shape index (κ2) is 4.01. The average Bonchev–Trinajstić information content (AvgIpc) is 2.24. The van der Waals surface area contributed by atoms with Gasteiger partial charge < -0.3 is 0 Å². The molecule has 15 heavy (non-hydrogen) atoms. The Hall–Kier alpha value is -1.37. The molecule has 0 atom stereocenters. The zero-order valence-electron chi connectivity index (χ0n) is 9.34. The quantitative estimate of drug-likeness (QED) is 0.678. The molecule has 0 N–H and O–H groups in total. The highest BCUT2D eigenvalue weighted by Crippen LogP contribution is 2.28. The van der Waals surface area contributed by atoms with Gasteiger partial charge in [0.05, 0.1) is 0 Å². The minimum Gasteiger partial charge on any atom is -0.299 e. The van der Waals surface area contributed by atoms with Crippen molar-refractivity contribution < 1.29 is 4.79 Å². The fraction of sp³-hybridized carbons (Fsp3) is 0.357. The molecular formula is C14H16O. The molecule has 0 amide bonds. The largest absolute Gasteiger partial charge is 0.299 e. The van der Waals surface area contributed by atoms with Crippen molar-refractivity contribution in [2.45, 2.75) is 33.1 Å². The molecule has 0 aromatic heterocycles. The minimum absolute atomic E-state index is 0.365. The first-order chi connectivity index (χ1) is 7.18. The van der Waals surface area contributed by atoms with E-state index in [0.29, 0.717) is 18.6 Å². The molecule has 0 radical (unpaired) electrons. The maximum atomic E-state index is 11.1. The van der Waals surface area contributed by atoms with Crippen LogP contribution in [-0.2, 0) is 4.79 Å². The van der Waals surface area contributed by atoms with Crippen molar-refractivity contribution in [2.75, 3.05) is 0 Å². The van der Waals surface area contributed by atoms with E-state index in [1.54, 1.807) is 0 Å². The van der Waals surface area contributed by atoms with E-state index in [0.717, 1.165) is 6.42 Å². The number of rotatable bonds is 1. The van der Waals surface area contributed by atoms with Crippen LogP contribution in [0.15, 0.2) is 24.3 Å². The highest BCUT2D eigenvalue weighted by Gasteiger charge is 2.13. The topological polar surface area (TPSA) is 17.1 Å². The van der Waals surface area contributed by atoms with Gasteiger partial charge in [0.25, 0.3) is 0 Å². The Balaban J connectivity index is 2.38. The van der Waals surface area contributed by atoms with Crippen LogP contribution >= 0.6 is 0 Å². The third-order valence-corrected chi connectivity index (χ3v) is 3.20. The second-order valence-electron chi connectivity index (χ2n) is 4.22. The number of carbonyl (C=O) groups is 1. The fourth-order valence-corrected chi connectivity index (χ4v) is 2.06. The van der Waals surface area contributed by atoms with E-state index < -0.39 is 0 Å². The van der Waals surface area contributed by atoms with E-state index in [1.165, 1.54) is 22.3 Å². The van der Waals surface area contributed by atoms with Crippen LogP contribution in [0.25, 0.3) is 5.57 Å². The normalized spacial score (nSPS) is 16.4. The lowest BCUT2D eigenvalue weighted by Crippen LogP contribution is -2.04. The molecule has 1 heteroatoms. The van der Waals surface area contributed by atoms with Crippen LogP contribution in [0.5, 0.6) is 0 Å². The van der Waals surface area contributed by atoms with Gasteiger partial charge in [-0.05, 0) is 42.5 Å². The van der Waals surface area contributed by atoms with Gasteiger partial charge >= 0.3 is 0 Å². The van der Waals surface area contributed by atoms with Crippen molar-refractivity contribution in [1.82, 2.24) is 0 Å². The molecule has 0 fully saturated rings. The van der Waals surface area contributed by atoms with Crippen LogP contribution in [0, 0.1) is 13.8 Å². The molecule has 78 valence electrons. The van der Waals surface area contributed by atoms with Crippen LogP contribution in [0.1, 0.15) is 36.0 Å². The van der Waals surface area contributed by atoms with Gasteiger partial charge in [0.2, 0.25) is 0 Å². The van der Waals surface area contributed by atoms with E-state index in [-0.39, 0.29) is 0 Å². The van der Waals surface area contributed by atoms with Gasteiger partial charge in [-0.15, -0.1) is 0 Å². The standard InChI is InChI=1S/C14H16O/c1-10-4-3-5-14(11(10)2)12-6-8-13(15)9-7-12/h3-6H,7-9H2,1-2H3. The molecule has 1 aromatic rings. The lowest BCUT2D eigenvalue weighted by Gasteiger charge is -2.15. The summed E-state index contributed by atoms with van der Waals surface area (Å²) in [6, 6.07) is 6.38. The number of hydrogen-bond acceptors (Lipinski definition) is 1. The zero-order chi connectivity index (χ0) is 10.8. The summed E-state index contributed by atoms with van der Waals surface area (Å²) >= 11 is 0. The third kappa shape index (κ3) is 2.01. The molecular weight excluding hydrogens is 184 g/mol. The lowest BCUT2D eigenvalue weighted by molar-refractivity contribution is -0.118. The molecule has 0 heterocycles. The smallest absolute Gasteiger partial charge is 0.137 e. The van der Waals surface area contributed by atoms with Crippen LogP contribution < -0.4 is 0 Å². The molecule has 0 aliphatic heterocycles. The first kappa shape index (κ1) is 10.2. The van der Waals surface area contributed by atoms with Gasteiger partial charge in [-0.3, -0.25) is 4.79 Å². The Kier molecular flexibility index (Phi) is 2.72. The number of allylic oxidation sites excluding steroid dienone is 2. The van der Waals surface area contributed by atoms with Crippen LogP contribution in [0.4, 0.5) is 0 Å². The summed E-state index contributed by atoms with van der Waals surface area (Å²) in [4.78, 5) is 11.1. The van der Waals surface area contributed by atoms with Crippen molar-refractivity contribution in [3.8, 4) is 0 Å². The molecule has 0 bridgehead atoms. The number of hydrogen-bond donors (Lipinski definition) is 0. The Bertz CT molecular complexity index is 427. The number of ketones is 1. The van der Waals surface area contributed by atoms with Crippen molar-refractivity contribution in [1.29, 1.82) is 0 Å². The molecule has 0 unspecified atom stereocenters. The predicted octanol–water partition coefficient (Wildman–Crippen LogP) is 3.44. The van der Waals surface area contributed by atoms with Gasteiger partial charge in [-0.25, -0.2) is 0 Å². The Morgan fingerprint density at radius 2 is 1.93 bits per heavy atom. The molecule has 1 nitrogen and oxygen atoms in total. The number of benzene rings is 1. The monoisotopic (exact) mass is 200 g/mol. The molecule has 0 spiro atoms. The molecule has 1 aromatic carbocycles. The van der Waals surface area contributed by atoms with Crippen LogP contribution in [-0.4, -0.2) is 5.78 Å². The zero-order valence-corrected chi connectivity index (χ0v) is 9.34. The predicted molar refractivity (Wildman–Crippen MR) is 62.8 cm³/mol. The summed E-state index contributed by atoms with van der Waals surface area (Å²) in [6.07, 6.45) is 4.32. The van der Waals surface area contributed by atoms with Crippen molar-refractivity contribution >= 4 is 11.4 Å². The summed E-state index contributed by atoms with van der Waals surface area (Å²) in [5, 5.41) is 0. The van der Waals surface area contributed by atoms with E-state index in [9.17, 15) is 4.79 Å². The molecule has 1 aliphatic carbocycles. The second-order valence-corrected chi connectivity index (χ2v) is 4.22. The van der Waals surface area contributed by atoms with Gasteiger partial charge in [0.15, 0.2) is 0 Å². The van der Waals surface area contributed by atoms with Gasteiger partial charge in [-0.2, -0.15) is 0 Å². The average molecular weight is 200 g/mol. The van der Waals surface area contributed by atoms with E-state index in [2.05, 4.69) is 38.1 Å². The fourth-order valence-electron chi connectivity index (χ4n) is 2.06. The van der Waals surface area contributed by atoms with E-state index in [4.69, 9.17) is 0 Å². The molecule has 0 saturated carbocycles. The Morgan fingerprint density at radius 1 is 1.13 bits per heavy atom. The summed E-state index contributed by atoms with van der Waals surface area (Å²) < 4.78 is 0. The van der Waals surface area contributed by atoms with Gasteiger partial charge in [0, 0.05) is 12.8 Å². The van der Waals surface area contributed by atoms with Crippen LogP contribution in [0.2, 0.25) is 0 Å². The minimum atomic E-state index is 0.365. The summed E-state index contributed by atoms with van der Waals surface area (Å²) in [6.45, 7) is 4.29. The number of carbonyl (C=O) groups excluding carboxylic acids is 1. The lowest BCUT2D eigenvalue weighted by atomic mass is 9.89. The maximum Gasteiger partial charge on any atom is 0.137 e. The van der Waals surface area contributed by atoms with Crippen molar-refractivity contribution in [3.63, 3.8) is 0 Å². The van der Waals surface area contributed by atoms with Crippen molar-refractivity contribution in [2.24, 2.45) is 0 Å². The summed E-state index contributed by atoms with van der Waals surface area (Å²) in [5.41, 5.74) is 5.33. The van der Waals surface area contributed by atoms with Crippen molar-refractivity contribution in [3.05, 3.63) is 41.0 Å². The molecule has 2 rings (SSSR count). The summed E-state index contributed by atoms with van der Waals surface area (Å²) in [5.74, 6) is 0.365. The molecule has 1 aliphatic rings. The van der Waals surface area contributed by atoms with E-state index in [1.807, 2.05) is 0 Å². The van der Waals surface area contributed by atoms with Gasteiger partial charge in [-0.1, -0.05) is 24.3 Å². The number of Topliss-reactive ketones (excluding diaryl/α,β-unsaturated/α-hetero) is 1. The third-order valence-electron chi connectivity index (χ3n) is 3.20. The Morgan fingerprint density at radius 3 is 2.60 bits per heavy atom. The maximum absolute atomic E-state index is 11.1.